The van der Waals surface area contributed by atoms with Crippen LogP contribution in [0.4, 0.5) is 14.6 Å². The molecule has 0 aliphatic carbocycles. The Balaban J connectivity index is 2.43. The standard InChI is InChI=1S/C15H15BrF2N2O/c1-8(2)10-6-9(16)4-5-13(10)21-15-12(18)7-11(17)14(19-3)20-15/h4-8H,1-3H3,(H,19,20). The Morgan fingerprint density at radius 1 is 1.19 bits per heavy atom. The van der Waals surface area contributed by atoms with Crippen LogP contribution in [0.25, 0.3) is 0 Å². The molecule has 112 valence electrons. The van der Waals surface area contributed by atoms with Gasteiger partial charge in [0.25, 0.3) is 5.88 Å². The largest absolute Gasteiger partial charge is 0.436 e. The highest BCUT2D eigenvalue weighted by atomic mass is 79.9. The number of hydrogen-bond acceptors (Lipinski definition) is 3. The van der Waals surface area contributed by atoms with Gasteiger partial charge in [0.2, 0.25) is 0 Å². The van der Waals surface area contributed by atoms with Crippen LogP contribution in [-0.4, -0.2) is 12.0 Å². The van der Waals surface area contributed by atoms with E-state index < -0.39 is 11.6 Å². The van der Waals surface area contributed by atoms with Gasteiger partial charge in [-0.3, -0.25) is 0 Å². The van der Waals surface area contributed by atoms with E-state index in [-0.39, 0.29) is 17.6 Å². The van der Waals surface area contributed by atoms with Gasteiger partial charge in [0.05, 0.1) is 0 Å². The molecule has 0 spiro atoms. The highest BCUT2D eigenvalue weighted by Gasteiger charge is 2.16. The number of pyridine rings is 1. The summed E-state index contributed by atoms with van der Waals surface area (Å²) in [7, 11) is 1.51. The molecule has 0 fully saturated rings. The van der Waals surface area contributed by atoms with Gasteiger partial charge in [-0.05, 0) is 29.7 Å². The minimum absolute atomic E-state index is 0.0605. The first kappa shape index (κ1) is 15.7. The van der Waals surface area contributed by atoms with Crippen molar-refractivity contribution >= 4 is 21.7 Å². The fraction of sp³-hybridized carbons (Fsp3) is 0.267. The molecule has 6 heteroatoms. The van der Waals surface area contributed by atoms with E-state index in [1.807, 2.05) is 19.9 Å². The number of halogens is 3. The molecule has 3 nitrogen and oxygen atoms in total. The number of hydrogen-bond donors (Lipinski definition) is 1. The fourth-order valence-electron chi connectivity index (χ4n) is 1.86. The molecule has 0 bridgehead atoms. The van der Waals surface area contributed by atoms with E-state index >= 15 is 0 Å². The first-order valence-electron chi connectivity index (χ1n) is 6.43. The van der Waals surface area contributed by atoms with Crippen LogP contribution >= 0.6 is 15.9 Å². The second-order valence-corrected chi connectivity index (χ2v) is 5.71. The van der Waals surface area contributed by atoms with Crippen molar-refractivity contribution in [1.29, 1.82) is 0 Å². The second kappa shape index (κ2) is 6.39. The third kappa shape index (κ3) is 3.50. The third-order valence-electron chi connectivity index (χ3n) is 2.93. The zero-order chi connectivity index (χ0) is 15.6. The molecule has 21 heavy (non-hydrogen) atoms. The Bertz CT molecular complexity index is 662. The number of ether oxygens (including phenoxy) is 1. The van der Waals surface area contributed by atoms with Crippen LogP contribution in [0.2, 0.25) is 0 Å². The summed E-state index contributed by atoms with van der Waals surface area (Å²) >= 11 is 3.39. The molecule has 1 N–H and O–H groups in total. The van der Waals surface area contributed by atoms with Gasteiger partial charge >= 0.3 is 0 Å². The van der Waals surface area contributed by atoms with Crippen molar-refractivity contribution in [3.05, 3.63) is 45.9 Å². The Labute approximate surface area is 130 Å². The molecular weight excluding hydrogens is 342 g/mol. The van der Waals surface area contributed by atoms with Crippen LogP contribution in [0.3, 0.4) is 0 Å². The second-order valence-electron chi connectivity index (χ2n) is 4.79. The molecule has 0 saturated carbocycles. The predicted molar refractivity (Wildman–Crippen MR) is 82.0 cm³/mol. The predicted octanol–water partition coefficient (Wildman–Crippen LogP) is 5.08. The fourth-order valence-corrected chi connectivity index (χ4v) is 2.24. The van der Waals surface area contributed by atoms with Crippen LogP contribution in [-0.2, 0) is 0 Å². The van der Waals surface area contributed by atoms with Gasteiger partial charge in [0, 0.05) is 17.6 Å². The summed E-state index contributed by atoms with van der Waals surface area (Å²) in [5, 5.41) is 2.55. The third-order valence-corrected chi connectivity index (χ3v) is 3.43. The van der Waals surface area contributed by atoms with Crippen LogP contribution in [0, 0.1) is 11.6 Å². The van der Waals surface area contributed by atoms with Crippen molar-refractivity contribution in [3.63, 3.8) is 0 Å². The number of nitrogens with zero attached hydrogens (tertiary/aromatic N) is 1. The zero-order valence-electron chi connectivity index (χ0n) is 11.9. The maximum absolute atomic E-state index is 13.8. The number of nitrogens with one attached hydrogen (secondary N) is 1. The molecule has 1 aromatic heterocycles. The van der Waals surface area contributed by atoms with Gasteiger partial charge < -0.3 is 10.1 Å². The highest BCUT2D eigenvalue weighted by molar-refractivity contribution is 9.10. The molecule has 0 radical (unpaired) electrons. The van der Waals surface area contributed by atoms with Gasteiger partial charge in [0.1, 0.15) is 5.75 Å². The van der Waals surface area contributed by atoms with Crippen LogP contribution in [0.5, 0.6) is 11.6 Å². The monoisotopic (exact) mass is 356 g/mol. The Hall–Kier alpha value is -1.69. The molecular formula is C15H15BrF2N2O. The van der Waals surface area contributed by atoms with Gasteiger partial charge in [-0.15, -0.1) is 0 Å². The SMILES string of the molecule is CNc1nc(Oc2ccc(Br)cc2C(C)C)c(F)cc1F. The van der Waals surface area contributed by atoms with Crippen molar-refractivity contribution in [2.24, 2.45) is 0 Å². The lowest BCUT2D eigenvalue weighted by Gasteiger charge is -2.14. The smallest absolute Gasteiger partial charge is 0.258 e. The molecule has 0 amide bonds. The van der Waals surface area contributed by atoms with Crippen molar-refractivity contribution < 1.29 is 13.5 Å². The maximum atomic E-state index is 13.8. The van der Waals surface area contributed by atoms with E-state index in [2.05, 4.69) is 26.2 Å². The van der Waals surface area contributed by atoms with Crippen molar-refractivity contribution in [2.45, 2.75) is 19.8 Å². The van der Waals surface area contributed by atoms with Gasteiger partial charge in [-0.1, -0.05) is 29.8 Å². The highest BCUT2D eigenvalue weighted by Crippen LogP contribution is 2.33. The summed E-state index contributed by atoms with van der Waals surface area (Å²) in [6, 6.07) is 6.17. The molecule has 0 aliphatic rings. The molecule has 0 aliphatic heterocycles. The van der Waals surface area contributed by atoms with E-state index in [1.54, 1.807) is 12.1 Å². The molecule has 0 unspecified atom stereocenters. The van der Waals surface area contributed by atoms with Gasteiger partial charge in [0.15, 0.2) is 17.5 Å². The van der Waals surface area contributed by atoms with E-state index in [9.17, 15) is 8.78 Å². The number of aromatic nitrogens is 1. The lowest BCUT2D eigenvalue weighted by atomic mass is 10.0. The minimum Gasteiger partial charge on any atom is -0.436 e. The number of benzene rings is 1. The summed E-state index contributed by atoms with van der Waals surface area (Å²) in [4.78, 5) is 3.81. The van der Waals surface area contributed by atoms with Crippen LogP contribution < -0.4 is 10.1 Å². The molecule has 1 aromatic carbocycles. The Morgan fingerprint density at radius 2 is 1.90 bits per heavy atom. The van der Waals surface area contributed by atoms with Crippen molar-refractivity contribution in [1.82, 2.24) is 4.98 Å². The van der Waals surface area contributed by atoms with E-state index in [0.29, 0.717) is 5.75 Å². The molecule has 1 heterocycles. The molecule has 2 rings (SSSR count). The van der Waals surface area contributed by atoms with Crippen molar-refractivity contribution in [3.8, 4) is 11.6 Å². The lowest BCUT2D eigenvalue weighted by Crippen LogP contribution is -2.02. The molecule has 0 saturated heterocycles. The summed E-state index contributed by atoms with van der Waals surface area (Å²) < 4.78 is 33.6. The van der Waals surface area contributed by atoms with Gasteiger partial charge in [-0.2, -0.15) is 4.98 Å². The van der Waals surface area contributed by atoms with Crippen LogP contribution in [0.15, 0.2) is 28.7 Å². The average molecular weight is 357 g/mol. The summed E-state index contributed by atoms with van der Waals surface area (Å²) in [6.45, 7) is 4.00. The van der Waals surface area contributed by atoms with Crippen molar-refractivity contribution in [2.75, 3.05) is 12.4 Å². The van der Waals surface area contributed by atoms with Gasteiger partial charge in [-0.25, -0.2) is 8.78 Å². The summed E-state index contributed by atoms with van der Waals surface area (Å²) in [5.74, 6) is -1.25. The van der Waals surface area contributed by atoms with Crippen LogP contribution in [0.1, 0.15) is 25.3 Å². The summed E-state index contributed by atoms with van der Waals surface area (Å²) in [6.07, 6.45) is 0. The maximum Gasteiger partial charge on any atom is 0.258 e. The quantitative estimate of drug-likeness (QED) is 0.829. The first-order chi connectivity index (χ1) is 9.92. The zero-order valence-corrected chi connectivity index (χ0v) is 13.5. The number of rotatable bonds is 4. The average Bonchev–Trinajstić information content (AvgIpc) is 2.43. The summed E-state index contributed by atoms with van der Waals surface area (Å²) in [5.41, 5.74) is 0.904. The lowest BCUT2D eigenvalue weighted by molar-refractivity contribution is 0.412. The minimum atomic E-state index is -0.843. The molecule has 2 aromatic rings. The van der Waals surface area contributed by atoms with E-state index in [1.165, 1.54) is 7.05 Å². The normalized spacial score (nSPS) is 10.8. The topological polar surface area (TPSA) is 34.2 Å². The Kier molecular flexibility index (Phi) is 4.77. The van der Waals surface area contributed by atoms with E-state index in [4.69, 9.17) is 4.74 Å². The number of anilines is 1. The first-order valence-corrected chi connectivity index (χ1v) is 7.22. The Morgan fingerprint density at radius 3 is 2.52 bits per heavy atom. The molecule has 0 atom stereocenters. The van der Waals surface area contributed by atoms with E-state index in [0.717, 1.165) is 16.1 Å².